The number of aryl methyl sites for hydroxylation is 1. The van der Waals surface area contributed by atoms with E-state index < -0.39 is 0 Å². The maximum atomic E-state index is 13.0. The van der Waals surface area contributed by atoms with Crippen molar-refractivity contribution < 1.29 is 4.79 Å². The molecule has 1 N–H and O–H groups in total. The molecule has 0 saturated carbocycles. The average Bonchev–Trinajstić information content (AvgIpc) is 3.34. The van der Waals surface area contributed by atoms with Gasteiger partial charge in [-0.3, -0.25) is 4.79 Å². The van der Waals surface area contributed by atoms with E-state index in [0.717, 1.165) is 17.0 Å². The van der Waals surface area contributed by atoms with E-state index in [0.29, 0.717) is 11.3 Å². The summed E-state index contributed by atoms with van der Waals surface area (Å²) in [4.78, 5) is 16.3. The normalized spacial score (nSPS) is 12.1. The number of ketones is 1. The van der Waals surface area contributed by atoms with Gasteiger partial charge in [-0.15, -0.1) is 0 Å². The van der Waals surface area contributed by atoms with Crippen LogP contribution in [-0.2, 0) is 7.05 Å². The standard InChI is InChI=1S/C24H22N2O/c1-17-10-12-19(13-11-17)24(27)22-15-14-21(26(22)2)23(20-9-6-16-25-20)18-7-4-3-5-8-18/h3-16,23,25H,1-2H3. The van der Waals surface area contributed by atoms with E-state index in [4.69, 9.17) is 0 Å². The van der Waals surface area contributed by atoms with Gasteiger partial charge in [0.2, 0.25) is 5.78 Å². The second-order valence-corrected chi connectivity index (χ2v) is 6.87. The summed E-state index contributed by atoms with van der Waals surface area (Å²) in [5.41, 5.74) is 5.94. The Morgan fingerprint density at radius 2 is 1.63 bits per heavy atom. The molecule has 0 aliphatic heterocycles. The van der Waals surface area contributed by atoms with E-state index in [1.807, 2.05) is 79.3 Å². The highest BCUT2D eigenvalue weighted by molar-refractivity contribution is 6.08. The Balaban J connectivity index is 1.77. The molecular weight excluding hydrogens is 332 g/mol. The minimum Gasteiger partial charge on any atom is -0.364 e. The van der Waals surface area contributed by atoms with E-state index in [1.165, 1.54) is 5.56 Å². The predicted octanol–water partition coefficient (Wildman–Crippen LogP) is 5.07. The first-order chi connectivity index (χ1) is 13.1. The van der Waals surface area contributed by atoms with Crippen LogP contribution in [0.3, 0.4) is 0 Å². The lowest BCUT2D eigenvalue weighted by molar-refractivity contribution is 0.103. The number of aromatic nitrogens is 2. The maximum Gasteiger partial charge on any atom is 0.209 e. The molecule has 27 heavy (non-hydrogen) atoms. The first-order valence-electron chi connectivity index (χ1n) is 9.10. The second-order valence-electron chi connectivity index (χ2n) is 6.87. The summed E-state index contributed by atoms with van der Waals surface area (Å²) in [6.45, 7) is 2.02. The number of hydrogen-bond donors (Lipinski definition) is 1. The lowest BCUT2D eigenvalue weighted by atomic mass is 9.92. The first kappa shape index (κ1) is 17.1. The molecule has 0 saturated heterocycles. The van der Waals surface area contributed by atoms with Crippen molar-refractivity contribution >= 4 is 5.78 Å². The number of carbonyl (C=O) groups excluding carboxylic acids is 1. The topological polar surface area (TPSA) is 37.8 Å². The van der Waals surface area contributed by atoms with Crippen LogP contribution in [0.4, 0.5) is 0 Å². The molecule has 2 aromatic carbocycles. The van der Waals surface area contributed by atoms with Gasteiger partial charge < -0.3 is 9.55 Å². The Labute approximate surface area is 159 Å². The molecule has 1 unspecified atom stereocenters. The van der Waals surface area contributed by atoms with E-state index >= 15 is 0 Å². The first-order valence-corrected chi connectivity index (χ1v) is 9.10. The van der Waals surface area contributed by atoms with Crippen molar-refractivity contribution in [2.45, 2.75) is 12.8 Å². The van der Waals surface area contributed by atoms with Crippen LogP contribution in [0.25, 0.3) is 0 Å². The smallest absolute Gasteiger partial charge is 0.209 e. The summed E-state index contributed by atoms with van der Waals surface area (Å²) in [6.07, 6.45) is 1.94. The van der Waals surface area contributed by atoms with Gasteiger partial charge in [-0.2, -0.15) is 0 Å². The molecule has 2 heterocycles. The fraction of sp³-hybridized carbons (Fsp3) is 0.125. The third-order valence-corrected chi connectivity index (χ3v) is 5.07. The Morgan fingerprint density at radius 3 is 2.30 bits per heavy atom. The lowest BCUT2D eigenvalue weighted by Crippen LogP contribution is -2.13. The number of nitrogens with one attached hydrogen (secondary N) is 1. The minimum atomic E-state index is 0.0436. The van der Waals surface area contributed by atoms with Crippen LogP contribution in [0.2, 0.25) is 0 Å². The Kier molecular flexibility index (Phi) is 4.51. The number of benzene rings is 2. The molecule has 0 spiro atoms. The quantitative estimate of drug-likeness (QED) is 0.499. The molecule has 0 radical (unpaired) electrons. The summed E-state index contributed by atoms with van der Waals surface area (Å²) in [5, 5.41) is 0. The Morgan fingerprint density at radius 1 is 0.889 bits per heavy atom. The van der Waals surface area contributed by atoms with Gasteiger partial charge in [0.1, 0.15) is 0 Å². The number of hydrogen-bond acceptors (Lipinski definition) is 1. The summed E-state index contributed by atoms with van der Waals surface area (Å²) >= 11 is 0. The molecule has 4 aromatic rings. The van der Waals surface area contributed by atoms with Gasteiger partial charge in [-0.25, -0.2) is 0 Å². The second kappa shape index (κ2) is 7.12. The van der Waals surface area contributed by atoms with Gasteiger partial charge in [0.15, 0.2) is 0 Å². The monoisotopic (exact) mass is 354 g/mol. The molecule has 0 bridgehead atoms. The molecule has 0 aliphatic carbocycles. The zero-order valence-electron chi connectivity index (χ0n) is 15.5. The molecular formula is C24H22N2O. The largest absolute Gasteiger partial charge is 0.364 e. The SMILES string of the molecule is Cc1ccc(C(=O)c2ccc(C(c3ccccc3)c3ccc[nH]3)n2C)cc1. The summed E-state index contributed by atoms with van der Waals surface area (Å²) in [5.74, 6) is 0.0906. The third-order valence-electron chi connectivity index (χ3n) is 5.07. The van der Waals surface area contributed by atoms with Crippen LogP contribution in [0, 0.1) is 6.92 Å². The van der Waals surface area contributed by atoms with Gasteiger partial charge in [-0.05, 0) is 36.8 Å². The van der Waals surface area contributed by atoms with Crippen LogP contribution in [0.1, 0.15) is 44.5 Å². The number of carbonyl (C=O) groups is 1. The molecule has 0 aliphatic rings. The van der Waals surface area contributed by atoms with Crippen molar-refractivity contribution in [1.29, 1.82) is 0 Å². The van der Waals surface area contributed by atoms with Crippen LogP contribution in [0.5, 0.6) is 0 Å². The predicted molar refractivity (Wildman–Crippen MR) is 108 cm³/mol. The Hall–Kier alpha value is -3.33. The number of H-pyrrole nitrogens is 1. The molecule has 2 aromatic heterocycles. The van der Waals surface area contributed by atoms with Crippen molar-refractivity contribution in [3.05, 3.63) is 119 Å². The van der Waals surface area contributed by atoms with Crippen LogP contribution in [-0.4, -0.2) is 15.3 Å². The molecule has 4 rings (SSSR count). The summed E-state index contributed by atoms with van der Waals surface area (Å²) < 4.78 is 2.01. The molecule has 3 heteroatoms. The number of rotatable bonds is 5. The zero-order chi connectivity index (χ0) is 18.8. The lowest BCUT2D eigenvalue weighted by Gasteiger charge is -2.18. The van der Waals surface area contributed by atoms with Crippen molar-refractivity contribution in [1.82, 2.24) is 9.55 Å². The number of aromatic amines is 1. The van der Waals surface area contributed by atoms with E-state index in [2.05, 4.69) is 29.2 Å². The highest BCUT2D eigenvalue weighted by Crippen LogP contribution is 2.32. The van der Waals surface area contributed by atoms with Gasteiger partial charge in [-0.1, -0.05) is 60.2 Å². The van der Waals surface area contributed by atoms with Crippen molar-refractivity contribution in [3.8, 4) is 0 Å². The van der Waals surface area contributed by atoms with Crippen molar-refractivity contribution in [2.24, 2.45) is 7.05 Å². The minimum absolute atomic E-state index is 0.0436. The van der Waals surface area contributed by atoms with Gasteiger partial charge in [0.25, 0.3) is 0 Å². The highest BCUT2D eigenvalue weighted by atomic mass is 16.1. The van der Waals surface area contributed by atoms with E-state index in [9.17, 15) is 4.79 Å². The zero-order valence-corrected chi connectivity index (χ0v) is 15.5. The fourth-order valence-electron chi connectivity index (χ4n) is 3.58. The summed E-state index contributed by atoms with van der Waals surface area (Å²) in [6, 6.07) is 26.2. The van der Waals surface area contributed by atoms with Crippen LogP contribution < -0.4 is 0 Å². The average molecular weight is 354 g/mol. The maximum absolute atomic E-state index is 13.0. The molecule has 134 valence electrons. The van der Waals surface area contributed by atoms with Gasteiger partial charge >= 0.3 is 0 Å². The highest BCUT2D eigenvalue weighted by Gasteiger charge is 2.23. The summed E-state index contributed by atoms with van der Waals surface area (Å²) in [7, 11) is 1.97. The molecule has 3 nitrogen and oxygen atoms in total. The number of nitrogens with zero attached hydrogens (tertiary/aromatic N) is 1. The molecule has 0 amide bonds. The van der Waals surface area contributed by atoms with Crippen LogP contribution in [0.15, 0.2) is 85.1 Å². The van der Waals surface area contributed by atoms with Crippen molar-refractivity contribution in [3.63, 3.8) is 0 Å². The molecule has 0 fully saturated rings. The fourth-order valence-corrected chi connectivity index (χ4v) is 3.58. The molecule has 1 atom stereocenters. The van der Waals surface area contributed by atoms with Gasteiger partial charge in [0.05, 0.1) is 11.6 Å². The van der Waals surface area contributed by atoms with Gasteiger partial charge in [0, 0.05) is 30.2 Å². The van der Waals surface area contributed by atoms with Crippen molar-refractivity contribution in [2.75, 3.05) is 0 Å². The Bertz CT molecular complexity index is 1040. The van der Waals surface area contributed by atoms with E-state index in [1.54, 1.807) is 0 Å². The third kappa shape index (κ3) is 3.24. The van der Waals surface area contributed by atoms with Crippen LogP contribution >= 0.6 is 0 Å². The van der Waals surface area contributed by atoms with E-state index in [-0.39, 0.29) is 11.7 Å².